The molecule has 4 heteroatoms. The minimum Gasteiger partial charge on any atom is -0.314 e. The van der Waals surface area contributed by atoms with Gasteiger partial charge in [-0.2, -0.15) is 13.2 Å². The average Bonchev–Trinajstić information content (AvgIpc) is 2.17. The van der Waals surface area contributed by atoms with Gasteiger partial charge in [-0.1, -0.05) is 37.3 Å². The Kier molecular flexibility index (Phi) is 4.80. The first-order valence-electron chi connectivity index (χ1n) is 5.35. The predicted octanol–water partition coefficient (Wildman–Crippen LogP) is 3.16. The van der Waals surface area contributed by atoms with Crippen molar-refractivity contribution in [3.8, 4) is 0 Å². The number of hydrogen-bond donors (Lipinski definition) is 1. The summed E-state index contributed by atoms with van der Waals surface area (Å²) >= 11 is 0. The van der Waals surface area contributed by atoms with E-state index >= 15 is 0 Å². The van der Waals surface area contributed by atoms with E-state index < -0.39 is 18.6 Å². The predicted molar refractivity (Wildman–Crippen MR) is 58.3 cm³/mol. The van der Waals surface area contributed by atoms with Crippen LogP contribution in [-0.4, -0.2) is 18.8 Å². The van der Waals surface area contributed by atoms with E-state index in [-0.39, 0.29) is 0 Å². The molecule has 1 aromatic rings. The highest BCUT2D eigenvalue weighted by Gasteiger charge is 2.31. The molecule has 0 saturated heterocycles. The summed E-state index contributed by atoms with van der Waals surface area (Å²) in [6, 6.07) is 8.70. The Morgan fingerprint density at radius 3 is 2.31 bits per heavy atom. The van der Waals surface area contributed by atoms with Crippen molar-refractivity contribution >= 4 is 0 Å². The Labute approximate surface area is 93.7 Å². The molecule has 0 aliphatic heterocycles. The van der Waals surface area contributed by atoms with Gasteiger partial charge in [0.2, 0.25) is 0 Å². The van der Waals surface area contributed by atoms with Gasteiger partial charge in [0, 0.05) is 6.04 Å². The number of alkyl halides is 3. The van der Waals surface area contributed by atoms with Crippen molar-refractivity contribution in [3.05, 3.63) is 35.9 Å². The zero-order chi connectivity index (χ0) is 12.0. The summed E-state index contributed by atoms with van der Waals surface area (Å²) in [5.41, 5.74) is 0.928. The van der Waals surface area contributed by atoms with Crippen molar-refractivity contribution < 1.29 is 13.2 Å². The second-order valence-electron chi connectivity index (χ2n) is 3.76. The zero-order valence-electron chi connectivity index (χ0n) is 9.22. The van der Waals surface area contributed by atoms with Crippen LogP contribution in [0.15, 0.2) is 30.3 Å². The van der Waals surface area contributed by atoms with Crippen molar-refractivity contribution in [2.24, 2.45) is 0 Å². The molecule has 0 bridgehead atoms. The first kappa shape index (κ1) is 13.0. The molecule has 0 fully saturated rings. The van der Waals surface area contributed by atoms with Gasteiger partial charge in [0.25, 0.3) is 0 Å². The lowest BCUT2D eigenvalue weighted by molar-refractivity contribution is -0.139. The average molecular weight is 231 g/mol. The van der Waals surface area contributed by atoms with Gasteiger partial charge in [-0.25, -0.2) is 0 Å². The monoisotopic (exact) mass is 231 g/mol. The normalized spacial score (nSPS) is 13.8. The molecule has 0 aromatic heterocycles. The first-order chi connectivity index (χ1) is 7.51. The van der Waals surface area contributed by atoms with Gasteiger partial charge in [0.1, 0.15) is 0 Å². The Balaban J connectivity index is 2.58. The summed E-state index contributed by atoms with van der Waals surface area (Å²) in [7, 11) is 0. The molecule has 0 heterocycles. The van der Waals surface area contributed by atoms with Gasteiger partial charge >= 0.3 is 6.18 Å². The summed E-state index contributed by atoms with van der Waals surface area (Å²) in [6.07, 6.45) is -4.48. The SMILES string of the molecule is CCNC(Cc1ccccc1)CC(F)(F)F. The Morgan fingerprint density at radius 1 is 1.19 bits per heavy atom. The third kappa shape index (κ3) is 5.16. The van der Waals surface area contributed by atoms with Gasteiger partial charge in [0.05, 0.1) is 6.42 Å². The van der Waals surface area contributed by atoms with Crippen LogP contribution in [0.4, 0.5) is 13.2 Å². The molecule has 1 nitrogen and oxygen atoms in total. The number of likely N-dealkylation sites (N-methyl/N-ethyl adjacent to an activating group) is 1. The molecular weight excluding hydrogens is 215 g/mol. The van der Waals surface area contributed by atoms with Crippen molar-refractivity contribution in [2.45, 2.75) is 32.0 Å². The van der Waals surface area contributed by atoms with Crippen LogP contribution in [0.2, 0.25) is 0 Å². The molecule has 0 saturated carbocycles. The molecular formula is C12H16F3N. The quantitative estimate of drug-likeness (QED) is 0.820. The van der Waals surface area contributed by atoms with E-state index in [9.17, 15) is 13.2 Å². The van der Waals surface area contributed by atoms with Crippen molar-refractivity contribution in [1.29, 1.82) is 0 Å². The van der Waals surface area contributed by atoms with Crippen LogP contribution in [0.1, 0.15) is 18.9 Å². The molecule has 0 aliphatic rings. The maximum Gasteiger partial charge on any atom is 0.390 e. The molecule has 0 spiro atoms. The standard InChI is InChI=1S/C12H16F3N/c1-2-16-11(9-12(13,14)15)8-10-6-4-3-5-7-10/h3-7,11,16H,2,8-9H2,1H3. The minimum absolute atomic E-state index is 0.411. The molecule has 1 atom stereocenters. The summed E-state index contributed by atoms with van der Waals surface area (Å²) < 4.78 is 36.9. The van der Waals surface area contributed by atoms with Crippen molar-refractivity contribution in [1.82, 2.24) is 5.32 Å². The molecule has 0 aliphatic carbocycles. The summed E-state index contributed by atoms with van der Waals surface area (Å²) in [5, 5.41) is 2.87. The largest absolute Gasteiger partial charge is 0.390 e. The summed E-state index contributed by atoms with van der Waals surface area (Å²) in [5.74, 6) is 0. The van der Waals surface area contributed by atoms with E-state index in [2.05, 4.69) is 5.32 Å². The highest BCUT2D eigenvalue weighted by Crippen LogP contribution is 2.23. The molecule has 1 aromatic carbocycles. The van der Waals surface area contributed by atoms with Gasteiger partial charge in [-0.3, -0.25) is 0 Å². The van der Waals surface area contributed by atoms with Crippen LogP contribution in [0, 0.1) is 0 Å². The Hall–Kier alpha value is -1.03. The number of benzene rings is 1. The van der Waals surface area contributed by atoms with Crippen molar-refractivity contribution in [3.63, 3.8) is 0 Å². The molecule has 1 N–H and O–H groups in total. The topological polar surface area (TPSA) is 12.0 Å². The number of halogens is 3. The number of rotatable bonds is 5. The molecule has 16 heavy (non-hydrogen) atoms. The molecule has 0 amide bonds. The van der Waals surface area contributed by atoms with Crippen LogP contribution >= 0.6 is 0 Å². The fraction of sp³-hybridized carbons (Fsp3) is 0.500. The zero-order valence-corrected chi connectivity index (χ0v) is 9.22. The second kappa shape index (κ2) is 5.89. The lowest BCUT2D eigenvalue weighted by Gasteiger charge is -2.19. The Bertz CT molecular complexity index is 295. The van der Waals surface area contributed by atoms with Crippen LogP contribution in [0.25, 0.3) is 0 Å². The molecule has 1 rings (SSSR count). The van der Waals surface area contributed by atoms with Crippen molar-refractivity contribution in [2.75, 3.05) is 6.54 Å². The van der Waals surface area contributed by atoms with E-state index in [1.807, 2.05) is 37.3 Å². The molecule has 90 valence electrons. The van der Waals surface area contributed by atoms with E-state index in [0.717, 1.165) is 5.56 Å². The maximum atomic E-state index is 12.3. The van der Waals surface area contributed by atoms with Gasteiger partial charge in [-0.05, 0) is 18.5 Å². The van der Waals surface area contributed by atoms with E-state index in [1.165, 1.54) is 0 Å². The highest BCUT2D eigenvalue weighted by atomic mass is 19.4. The summed E-state index contributed by atoms with van der Waals surface area (Å²) in [4.78, 5) is 0. The van der Waals surface area contributed by atoms with E-state index in [4.69, 9.17) is 0 Å². The van der Waals surface area contributed by atoms with Gasteiger partial charge < -0.3 is 5.32 Å². The lowest BCUT2D eigenvalue weighted by atomic mass is 10.0. The van der Waals surface area contributed by atoms with Crippen LogP contribution in [0.3, 0.4) is 0 Å². The smallest absolute Gasteiger partial charge is 0.314 e. The highest BCUT2D eigenvalue weighted by molar-refractivity contribution is 5.15. The minimum atomic E-state index is -4.11. The molecule has 0 radical (unpaired) electrons. The van der Waals surface area contributed by atoms with Crippen LogP contribution in [0.5, 0.6) is 0 Å². The Morgan fingerprint density at radius 2 is 1.81 bits per heavy atom. The molecule has 1 unspecified atom stereocenters. The fourth-order valence-electron chi connectivity index (χ4n) is 1.68. The van der Waals surface area contributed by atoms with Crippen LogP contribution < -0.4 is 5.32 Å². The van der Waals surface area contributed by atoms with Gasteiger partial charge in [0.15, 0.2) is 0 Å². The number of nitrogens with one attached hydrogen (secondary N) is 1. The number of hydrogen-bond acceptors (Lipinski definition) is 1. The van der Waals surface area contributed by atoms with Gasteiger partial charge in [-0.15, -0.1) is 0 Å². The maximum absolute atomic E-state index is 12.3. The summed E-state index contributed by atoms with van der Waals surface area (Å²) in [6.45, 7) is 2.36. The fourth-order valence-corrected chi connectivity index (χ4v) is 1.68. The van der Waals surface area contributed by atoms with E-state index in [1.54, 1.807) is 0 Å². The van der Waals surface area contributed by atoms with E-state index in [0.29, 0.717) is 13.0 Å². The third-order valence-electron chi connectivity index (χ3n) is 2.30. The third-order valence-corrected chi connectivity index (χ3v) is 2.30. The lowest BCUT2D eigenvalue weighted by Crippen LogP contribution is -2.35. The van der Waals surface area contributed by atoms with Crippen LogP contribution in [-0.2, 0) is 6.42 Å². The second-order valence-corrected chi connectivity index (χ2v) is 3.76. The first-order valence-corrected chi connectivity index (χ1v) is 5.35.